The van der Waals surface area contributed by atoms with E-state index in [-0.39, 0.29) is 17.4 Å². The van der Waals surface area contributed by atoms with Crippen LogP contribution in [0.4, 0.5) is 11.4 Å². The number of piperazine rings is 1. The van der Waals surface area contributed by atoms with Crippen molar-refractivity contribution in [2.75, 3.05) is 69.2 Å². The smallest absolute Gasteiger partial charge is 0.337 e. The summed E-state index contributed by atoms with van der Waals surface area (Å²) in [6, 6.07) is 5.12. The lowest BCUT2D eigenvalue weighted by atomic mass is 10.1. The van der Waals surface area contributed by atoms with E-state index >= 15 is 0 Å². The predicted octanol–water partition coefficient (Wildman–Crippen LogP) is 1.49. The van der Waals surface area contributed by atoms with Gasteiger partial charge in [-0.15, -0.1) is 0 Å². The fourth-order valence-corrected chi connectivity index (χ4v) is 3.83. The number of carboxylic acid groups (broad SMARTS) is 1. The number of aromatic carboxylic acids is 1. The molecule has 2 aliphatic heterocycles. The number of hydrogen-bond acceptors (Lipinski definition) is 6. The molecule has 0 atom stereocenters. The third-order valence-electron chi connectivity index (χ3n) is 5.73. The molecule has 0 unspecified atom stereocenters. The van der Waals surface area contributed by atoms with Crippen molar-refractivity contribution in [3.05, 3.63) is 23.8 Å². The maximum absolute atomic E-state index is 12.4. The van der Waals surface area contributed by atoms with Gasteiger partial charge in [0.15, 0.2) is 0 Å². The Morgan fingerprint density at radius 1 is 1.06 bits per heavy atom. The van der Waals surface area contributed by atoms with Crippen LogP contribution in [0.1, 0.15) is 36.5 Å². The van der Waals surface area contributed by atoms with E-state index in [0.717, 1.165) is 31.6 Å². The van der Waals surface area contributed by atoms with E-state index < -0.39 is 5.97 Å². The van der Waals surface area contributed by atoms with Crippen LogP contribution in [0.15, 0.2) is 18.2 Å². The van der Waals surface area contributed by atoms with Gasteiger partial charge in [-0.1, -0.05) is 13.3 Å². The van der Waals surface area contributed by atoms with Gasteiger partial charge in [-0.2, -0.15) is 0 Å². The normalized spacial score (nSPS) is 17.5. The summed E-state index contributed by atoms with van der Waals surface area (Å²) in [4.78, 5) is 42.3. The minimum absolute atomic E-state index is 0.0901. The van der Waals surface area contributed by atoms with Gasteiger partial charge in [0.1, 0.15) is 0 Å². The van der Waals surface area contributed by atoms with E-state index in [2.05, 4.69) is 15.1 Å². The summed E-state index contributed by atoms with van der Waals surface area (Å²) >= 11 is 0. The second-order valence-corrected chi connectivity index (χ2v) is 7.94. The van der Waals surface area contributed by atoms with Crippen molar-refractivity contribution in [3.8, 4) is 0 Å². The van der Waals surface area contributed by atoms with Crippen molar-refractivity contribution < 1.29 is 24.2 Å². The Bertz CT molecular complexity index is 786. The number of amides is 2. The molecular formula is C22H32N4O5. The average Bonchev–Trinajstić information content (AvgIpc) is 2.79. The number of morpholine rings is 1. The van der Waals surface area contributed by atoms with Crippen molar-refractivity contribution in [2.45, 2.75) is 26.2 Å². The Balaban J connectivity index is 1.57. The van der Waals surface area contributed by atoms with Crippen LogP contribution in [0.25, 0.3) is 0 Å². The molecule has 2 N–H and O–H groups in total. The first-order chi connectivity index (χ1) is 15.0. The van der Waals surface area contributed by atoms with E-state index in [0.29, 0.717) is 58.0 Å². The maximum atomic E-state index is 12.4. The summed E-state index contributed by atoms with van der Waals surface area (Å²) in [5.41, 5.74) is 1.22. The van der Waals surface area contributed by atoms with Gasteiger partial charge in [0, 0.05) is 51.4 Å². The second kappa shape index (κ2) is 11.1. The largest absolute Gasteiger partial charge is 0.478 e. The van der Waals surface area contributed by atoms with Crippen LogP contribution in [-0.2, 0) is 14.3 Å². The molecule has 170 valence electrons. The molecule has 9 nitrogen and oxygen atoms in total. The highest BCUT2D eigenvalue weighted by molar-refractivity contribution is 6.01. The highest BCUT2D eigenvalue weighted by Gasteiger charge is 2.24. The van der Waals surface area contributed by atoms with E-state index in [1.165, 1.54) is 0 Å². The van der Waals surface area contributed by atoms with Crippen LogP contribution < -0.4 is 10.2 Å². The van der Waals surface area contributed by atoms with Crippen molar-refractivity contribution in [3.63, 3.8) is 0 Å². The number of carbonyl (C=O) groups excluding carboxylic acids is 2. The van der Waals surface area contributed by atoms with Gasteiger partial charge in [-0.25, -0.2) is 4.79 Å². The lowest BCUT2D eigenvalue weighted by Crippen LogP contribution is -2.51. The Morgan fingerprint density at radius 2 is 1.77 bits per heavy atom. The lowest BCUT2D eigenvalue weighted by molar-refractivity contribution is -0.136. The van der Waals surface area contributed by atoms with E-state index in [4.69, 9.17) is 4.74 Å². The minimum Gasteiger partial charge on any atom is -0.478 e. The van der Waals surface area contributed by atoms with E-state index in [1.54, 1.807) is 12.1 Å². The molecule has 3 rings (SSSR count). The lowest BCUT2D eigenvalue weighted by Gasteiger charge is -2.37. The number of rotatable bonds is 8. The number of carbonyl (C=O) groups is 3. The summed E-state index contributed by atoms with van der Waals surface area (Å²) < 4.78 is 5.30. The first-order valence-corrected chi connectivity index (χ1v) is 11.0. The third-order valence-corrected chi connectivity index (χ3v) is 5.73. The molecule has 2 aliphatic rings. The zero-order valence-electron chi connectivity index (χ0n) is 18.1. The summed E-state index contributed by atoms with van der Waals surface area (Å²) in [6.45, 7) is 7.77. The molecule has 0 saturated carbocycles. The van der Waals surface area contributed by atoms with E-state index in [1.807, 2.05) is 17.9 Å². The summed E-state index contributed by atoms with van der Waals surface area (Å²) in [7, 11) is 0. The number of ether oxygens (including phenoxy) is 1. The number of unbranched alkanes of at least 4 members (excludes halogenated alkanes) is 1. The molecule has 9 heteroatoms. The number of hydrogen-bond donors (Lipinski definition) is 2. The van der Waals surface area contributed by atoms with Crippen molar-refractivity contribution in [2.24, 2.45) is 0 Å². The summed E-state index contributed by atoms with van der Waals surface area (Å²) in [5, 5.41) is 12.3. The first kappa shape index (κ1) is 23.0. The quantitative estimate of drug-likeness (QED) is 0.642. The highest BCUT2D eigenvalue weighted by Crippen LogP contribution is 2.25. The van der Waals surface area contributed by atoms with Crippen molar-refractivity contribution in [1.82, 2.24) is 9.80 Å². The molecular weight excluding hydrogens is 400 g/mol. The van der Waals surface area contributed by atoms with Crippen molar-refractivity contribution >= 4 is 29.2 Å². The third kappa shape index (κ3) is 6.41. The van der Waals surface area contributed by atoms with Gasteiger partial charge in [0.25, 0.3) is 0 Å². The van der Waals surface area contributed by atoms with Crippen LogP contribution in [-0.4, -0.2) is 91.7 Å². The number of nitrogens with one attached hydrogen (secondary N) is 1. The average molecular weight is 433 g/mol. The molecule has 2 saturated heterocycles. The van der Waals surface area contributed by atoms with Crippen LogP contribution >= 0.6 is 0 Å². The molecule has 2 heterocycles. The molecule has 1 aromatic carbocycles. The van der Waals surface area contributed by atoms with Gasteiger partial charge >= 0.3 is 5.97 Å². The van der Waals surface area contributed by atoms with Gasteiger partial charge in [-0.3, -0.25) is 14.5 Å². The Labute approximate surface area is 182 Å². The van der Waals surface area contributed by atoms with E-state index in [9.17, 15) is 19.5 Å². The standard InChI is InChI=1S/C22H32N4O5/c1-2-3-4-20(27)23-19-6-5-17(15-18(19)22(29)30)25-9-7-24(8-10-25)16-21(28)26-11-13-31-14-12-26/h5-6,15H,2-4,7-14,16H2,1H3,(H,23,27)(H,29,30). The molecule has 2 amide bonds. The van der Waals surface area contributed by atoms with Gasteiger partial charge in [0.05, 0.1) is 31.0 Å². The number of benzene rings is 1. The van der Waals surface area contributed by atoms with Gasteiger partial charge in [-0.05, 0) is 24.6 Å². The zero-order chi connectivity index (χ0) is 22.2. The Morgan fingerprint density at radius 3 is 2.42 bits per heavy atom. The SMILES string of the molecule is CCCCC(=O)Nc1ccc(N2CCN(CC(=O)N3CCOCC3)CC2)cc1C(=O)O. The minimum atomic E-state index is -1.07. The molecule has 31 heavy (non-hydrogen) atoms. The first-order valence-electron chi connectivity index (χ1n) is 11.0. The maximum Gasteiger partial charge on any atom is 0.337 e. The molecule has 0 radical (unpaired) electrons. The molecule has 0 aromatic heterocycles. The number of nitrogens with zero attached hydrogens (tertiary/aromatic N) is 3. The Hall–Kier alpha value is -2.65. The highest BCUT2D eigenvalue weighted by atomic mass is 16.5. The fraction of sp³-hybridized carbons (Fsp3) is 0.591. The van der Waals surface area contributed by atoms with Gasteiger partial charge in [0.2, 0.25) is 11.8 Å². The Kier molecular flexibility index (Phi) is 8.25. The topological polar surface area (TPSA) is 102 Å². The van der Waals surface area contributed by atoms with Crippen LogP contribution in [0, 0.1) is 0 Å². The fourth-order valence-electron chi connectivity index (χ4n) is 3.83. The van der Waals surface area contributed by atoms with Crippen LogP contribution in [0.2, 0.25) is 0 Å². The summed E-state index contributed by atoms with van der Waals surface area (Å²) in [5.74, 6) is -1.11. The monoisotopic (exact) mass is 432 g/mol. The molecule has 0 aliphatic carbocycles. The van der Waals surface area contributed by atoms with Crippen LogP contribution in [0.5, 0.6) is 0 Å². The number of anilines is 2. The molecule has 0 spiro atoms. The van der Waals surface area contributed by atoms with Gasteiger partial charge < -0.3 is 25.0 Å². The zero-order valence-corrected chi connectivity index (χ0v) is 18.1. The second-order valence-electron chi connectivity index (χ2n) is 7.94. The molecule has 1 aromatic rings. The molecule has 2 fully saturated rings. The molecule has 0 bridgehead atoms. The van der Waals surface area contributed by atoms with Crippen molar-refractivity contribution in [1.29, 1.82) is 0 Å². The summed E-state index contributed by atoms with van der Waals surface area (Å²) in [6.07, 6.45) is 2.05. The van der Waals surface area contributed by atoms with Crippen LogP contribution in [0.3, 0.4) is 0 Å². The predicted molar refractivity (Wildman–Crippen MR) is 118 cm³/mol. The number of carboxylic acids is 1.